The van der Waals surface area contributed by atoms with Crippen LogP contribution in [-0.2, 0) is 14.3 Å². The highest BCUT2D eigenvalue weighted by Crippen LogP contribution is 2.55. The van der Waals surface area contributed by atoms with Crippen molar-refractivity contribution in [2.24, 2.45) is 10.8 Å². The molecule has 1 aliphatic carbocycles. The fraction of sp³-hybridized carbons (Fsp3) is 0.429. The molecule has 14 heteroatoms. The molecule has 4 N–H and O–H groups in total. The maximum absolute atomic E-state index is 13.2. The molecule has 49 heavy (non-hydrogen) atoms. The van der Waals surface area contributed by atoms with Crippen molar-refractivity contribution in [3.8, 4) is 11.8 Å². The van der Waals surface area contributed by atoms with Crippen LogP contribution >= 0.6 is 34.5 Å². The van der Waals surface area contributed by atoms with Crippen LogP contribution in [0.15, 0.2) is 53.9 Å². The van der Waals surface area contributed by atoms with Gasteiger partial charge in [0.1, 0.15) is 28.8 Å². The Kier molecular flexibility index (Phi) is 13.3. The molecule has 1 saturated carbocycles. The van der Waals surface area contributed by atoms with Crippen molar-refractivity contribution < 1.29 is 28.6 Å². The summed E-state index contributed by atoms with van der Waals surface area (Å²) < 4.78 is 17.4. The molecule has 1 aromatic heterocycles. The molecule has 0 atom stereocenters. The maximum Gasteiger partial charge on any atom is 0.254 e. The van der Waals surface area contributed by atoms with Crippen molar-refractivity contribution in [1.29, 1.82) is 5.26 Å². The van der Waals surface area contributed by atoms with Crippen LogP contribution < -0.4 is 26.0 Å². The van der Waals surface area contributed by atoms with Crippen LogP contribution in [0.25, 0.3) is 0 Å². The Morgan fingerprint density at radius 1 is 0.918 bits per heavy atom. The van der Waals surface area contributed by atoms with E-state index in [1.807, 2.05) is 12.1 Å². The lowest BCUT2D eigenvalue weighted by Crippen LogP contribution is -2.74. The lowest BCUT2D eigenvalue weighted by atomic mass is 9.49. The quantitative estimate of drug-likeness (QED) is 0.0986. The number of carbonyl (C=O) groups excluding carboxylic acids is 3. The van der Waals surface area contributed by atoms with E-state index in [4.69, 9.17) is 42.7 Å². The molecule has 1 fully saturated rings. The van der Waals surface area contributed by atoms with Gasteiger partial charge < -0.3 is 35.5 Å². The number of hydrogen-bond acceptors (Lipinski definition) is 9. The van der Waals surface area contributed by atoms with Crippen LogP contribution in [0.2, 0.25) is 5.02 Å². The molecule has 0 aliphatic heterocycles. The summed E-state index contributed by atoms with van der Waals surface area (Å²) in [7, 11) is 0. The number of rotatable bonds is 17. The Morgan fingerprint density at radius 3 is 2.22 bits per heavy atom. The lowest BCUT2D eigenvalue weighted by molar-refractivity contribution is -0.164. The van der Waals surface area contributed by atoms with Gasteiger partial charge in [0.2, 0.25) is 5.91 Å². The van der Waals surface area contributed by atoms with Gasteiger partial charge in [-0.2, -0.15) is 5.26 Å². The van der Waals surface area contributed by atoms with Crippen molar-refractivity contribution in [2.75, 3.05) is 56.0 Å². The van der Waals surface area contributed by atoms with Crippen LogP contribution in [0.4, 0.5) is 10.7 Å². The van der Waals surface area contributed by atoms with Crippen molar-refractivity contribution in [1.82, 2.24) is 10.6 Å². The lowest BCUT2D eigenvalue weighted by Gasteiger charge is -2.63. The van der Waals surface area contributed by atoms with Crippen molar-refractivity contribution in [2.45, 2.75) is 39.8 Å². The summed E-state index contributed by atoms with van der Waals surface area (Å²) in [4.78, 5) is 37.0. The van der Waals surface area contributed by atoms with Gasteiger partial charge in [0, 0.05) is 47.3 Å². The molecule has 1 aliphatic rings. The summed E-state index contributed by atoms with van der Waals surface area (Å²) in [6, 6.07) is 15.9. The zero-order valence-electron chi connectivity index (χ0n) is 27.9. The van der Waals surface area contributed by atoms with Gasteiger partial charge in [-0.3, -0.25) is 14.4 Å². The standard InChI is InChI=1S/C35H41Cl2N5O6S/c1-34(2)32(35(3,4)33(34)48-25-10-7-23(21-38)27(37)19-25)42-29(44)22-5-8-24(9-6-22)39-12-14-46-16-17-47-15-13-40-30(45)26-11-18-49-31(26)41-28(43)20-36/h5-11,18-19,32-33,39H,12-17,20H2,1-4H3,(H,40,45)(H,41,43)(H,42,44). The Balaban J connectivity index is 1.10. The molecule has 0 bridgehead atoms. The molecule has 3 aromatic rings. The number of thiophene rings is 1. The number of amides is 3. The first-order chi connectivity index (χ1) is 23.4. The van der Waals surface area contributed by atoms with E-state index < -0.39 is 0 Å². The van der Waals surface area contributed by atoms with Gasteiger partial charge >= 0.3 is 0 Å². The van der Waals surface area contributed by atoms with Crippen molar-refractivity contribution in [3.63, 3.8) is 0 Å². The number of halogens is 2. The van der Waals surface area contributed by atoms with Gasteiger partial charge in [0.05, 0.1) is 42.6 Å². The Hall–Kier alpha value is -3.86. The molecule has 262 valence electrons. The number of carbonyl (C=O) groups is 3. The monoisotopic (exact) mass is 729 g/mol. The predicted molar refractivity (Wildman–Crippen MR) is 192 cm³/mol. The second kappa shape index (κ2) is 17.2. The van der Waals surface area contributed by atoms with E-state index in [-0.39, 0.29) is 46.6 Å². The summed E-state index contributed by atoms with van der Waals surface area (Å²) in [5, 5.41) is 23.5. The van der Waals surface area contributed by atoms with Crippen LogP contribution in [-0.4, -0.2) is 75.3 Å². The number of benzene rings is 2. The van der Waals surface area contributed by atoms with Crippen molar-refractivity contribution >= 4 is 62.9 Å². The summed E-state index contributed by atoms with van der Waals surface area (Å²) in [5.41, 5.74) is 1.47. The van der Waals surface area contributed by atoms with Crippen LogP contribution in [0, 0.1) is 22.2 Å². The molecule has 0 radical (unpaired) electrons. The van der Waals surface area contributed by atoms with E-state index in [1.165, 1.54) is 11.3 Å². The van der Waals surface area contributed by atoms with Gasteiger partial charge in [-0.25, -0.2) is 0 Å². The number of alkyl halides is 1. The summed E-state index contributed by atoms with van der Waals surface area (Å²) in [6.07, 6.45) is -0.188. The number of ether oxygens (including phenoxy) is 3. The molecular formula is C35H41Cl2N5O6S. The highest BCUT2D eigenvalue weighted by molar-refractivity contribution is 7.14. The minimum atomic E-state index is -0.372. The third-order valence-corrected chi connectivity index (χ3v) is 9.73. The Bertz CT molecular complexity index is 1640. The largest absolute Gasteiger partial charge is 0.489 e. The fourth-order valence-electron chi connectivity index (χ4n) is 6.22. The second-order valence-electron chi connectivity index (χ2n) is 12.6. The summed E-state index contributed by atoms with van der Waals surface area (Å²) >= 11 is 13.0. The van der Waals surface area contributed by atoms with Crippen LogP contribution in [0.5, 0.6) is 5.75 Å². The third-order valence-electron chi connectivity index (χ3n) is 8.34. The van der Waals surface area contributed by atoms with Gasteiger partial charge in [-0.15, -0.1) is 22.9 Å². The molecule has 0 spiro atoms. The predicted octanol–water partition coefficient (Wildman–Crippen LogP) is 5.94. The van der Waals surface area contributed by atoms with E-state index in [0.29, 0.717) is 72.0 Å². The third kappa shape index (κ3) is 9.65. The molecule has 1 heterocycles. The molecule has 0 unspecified atom stereocenters. The van der Waals surface area contributed by atoms with Gasteiger partial charge in [0.15, 0.2) is 0 Å². The fourth-order valence-corrected chi connectivity index (χ4v) is 7.30. The first kappa shape index (κ1) is 38.0. The Morgan fingerprint density at radius 2 is 1.59 bits per heavy atom. The highest BCUT2D eigenvalue weighted by Gasteiger charge is 2.64. The van der Waals surface area contributed by atoms with Crippen LogP contribution in [0.3, 0.4) is 0 Å². The van der Waals surface area contributed by atoms with E-state index in [9.17, 15) is 14.4 Å². The molecule has 4 rings (SSSR count). The molecule has 11 nitrogen and oxygen atoms in total. The zero-order valence-corrected chi connectivity index (χ0v) is 30.2. The topological polar surface area (TPSA) is 151 Å². The van der Waals surface area contributed by atoms with E-state index in [0.717, 1.165) is 5.69 Å². The van der Waals surface area contributed by atoms with Crippen molar-refractivity contribution in [3.05, 3.63) is 75.6 Å². The van der Waals surface area contributed by atoms with E-state index >= 15 is 0 Å². The second-order valence-corrected chi connectivity index (χ2v) is 14.2. The van der Waals surface area contributed by atoms with Gasteiger partial charge in [-0.05, 0) is 47.8 Å². The van der Waals surface area contributed by atoms with Gasteiger partial charge in [-0.1, -0.05) is 39.3 Å². The first-order valence-electron chi connectivity index (χ1n) is 15.8. The minimum Gasteiger partial charge on any atom is -0.489 e. The minimum absolute atomic E-state index is 0.139. The molecule has 2 aromatic carbocycles. The highest BCUT2D eigenvalue weighted by atomic mass is 35.5. The smallest absolute Gasteiger partial charge is 0.254 e. The van der Waals surface area contributed by atoms with Crippen LogP contribution in [0.1, 0.15) is 54.0 Å². The number of hydrogen-bond donors (Lipinski definition) is 4. The molecular weight excluding hydrogens is 689 g/mol. The maximum atomic E-state index is 13.2. The number of nitrogens with zero attached hydrogens (tertiary/aromatic N) is 1. The first-order valence-corrected chi connectivity index (χ1v) is 17.6. The number of nitrogens with one attached hydrogen (secondary N) is 4. The zero-order chi connectivity index (χ0) is 35.6. The number of nitriles is 1. The molecule has 0 saturated heterocycles. The van der Waals surface area contributed by atoms with E-state index in [2.05, 4.69) is 55.0 Å². The average molecular weight is 731 g/mol. The van der Waals surface area contributed by atoms with E-state index in [1.54, 1.807) is 41.8 Å². The molecule has 3 amide bonds. The van der Waals surface area contributed by atoms with Gasteiger partial charge in [0.25, 0.3) is 11.8 Å². The normalized spacial score (nSPS) is 17.2. The summed E-state index contributed by atoms with van der Waals surface area (Å²) in [6.45, 7) is 10.7. The summed E-state index contributed by atoms with van der Waals surface area (Å²) in [5.74, 6) is -0.432. The average Bonchev–Trinajstić information content (AvgIpc) is 3.54. The Labute approximate surface area is 300 Å². The SMILES string of the molecule is CC1(C)C(NC(=O)c2ccc(NCCOCCOCCNC(=O)c3ccsc3NC(=O)CCl)cc2)C(C)(C)C1Oc1ccc(C#N)c(Cl)c1. The number of anilines is 2.